The van der Waals surface area contributed by atoms with Gasteiger partial charge < -0.3 is 19.9 Å². The quantitative estimate of drug-likeness (QED) is 0.676. The normalized spacial score (nSPS) is 20.6. The number of anilines is 2. The largest absolute Gasteiger partial charge is 0.489 e. The Morgan fingerprint density at radius 3 is 2.90 bits per heavy atom. The molecule has 3 rings (SSSR count). The lowest BCUT2D eigenvalue weighted by Gasteiger charge is -2.33. The lowest BCUT2D eigenvalue weighted by Crippen LogP contribution is -2.43. The third-order valence-corrected chi connectivity index (χ3v) is 4.72. The van der Waals surface area contributed by atoms with Crippen LogP contribution < -0.4 is 15.4 Å². The van der Waals surface area contributed by atoms with Gasteiger partial charge in [0.05, 0.1) is 38.9 Å². The number of quaternary nitrogens is 1. The van der Waals surface area contributed by atoms with Crippen LogP contribution in [0.3, 0.4) is 0 Å². The molecule has 2 heterocycles. The molecular weight excluding hydrogens is 250 g/mol. The number of fused-ring (bicyclic) bond motifs is 1. The molecule has 2 aliphatic rings. The molecule has 0 unspecified atom stereocenters. The maximum absolute atomic E-state index is 5.83. The van der Waals surface area contributed by atoms with E-state index >= 15 is 0 Å². The van der Waals surface area contributed by atoms with E-state index in [0.29, 0.717) is 0 Å². The zero-order valence-electron chi connectivity index (χ0n) is 12.5. The smallest absolute Gasteiger partial charge is 0.144 e. The SMILES string of the molecule is C[N+]1(CCCN2CCOc3cc(N)ccc32)CCCC1. The van der Waals surface area contributed by atoms with Crippen LogP contribution >= 0.6 is 0 Å². The van der Waals surface area contributed by atoms with Gasteiger partial charge in [-0.3, -0.25) is 0 Å². The fourth-order valence-electron chi connectivity index (χ4n) is 3.49. The highest BCUT2D eigenvalue weighted by molar-refractivity contribution is 5.64. The first-order chi connectivity index (χ1) is 9.66. The van der Waals surface area contributed by atoms with E-state index in [4.69, 9.17) is 10.5 Å². The van der Waals surface area contributed by atoms with Crippen molar-refractivity contribution in [3.05, 3.63) is 18.2 Å². The fourth-order valence-corrected chi connectivity index (χ4v) is 3.49. The maximum atomic E-state index is 5.83. The molecule has 20 heavy (non-hydrogen) atoms. The molecule has 2 N–H and O–H groups in total. The predicted molar refractivity (Wildman–Crippen MR) is 83.2 cm³/mol. The van der Waals surface area contributed by atoms with Crippen LogP contribution in [0.1, 0.15) is 19.3 Å². The summed E-state index contributed by atoms with van der Waals surface area (Å²) in [5, 5.41) is 0. The van der Waals surface area contributed by atoms with E-state index in [9.17, 15) is 0 Å². The van der Waals surface area contributed by atoms with Crippen LogP contribution in [0.15, 0.2) is 18.2 Å². The second-order valence-corrected chi connectivity index (χ2v) is 6.41. The minimum absolute atomic E-state index is 0.766. The zero-order valence-corrected chi connectivity index (χ0v) is 12.5. The molecule has 4 heteroatoms. The minimum atomic E-state index is 0.766. The summed E-state index contributed by atoms with van der Waals surface area (Å²) < 4.78 is 6.97. The molecule has 2 aliphatic heterocycles. The van der Waals surface area contributed by atoms with Gasteiger partial charge in [0, 0.05) is 37.6 Å². The van der Waals surface area contributed by atoms with Crippen molar-refractivity contribution in [3.63, 3.8) is 0 Å². The molecule has 1 saturated heterocycles. The molecule has 4 nitrogen and oxygen atoms in total. The van der Waals surface area contributed by atoms with Gasteiger partial charge in [-0.15, -0.1) is 0 Å². The van der Waals surface area contributed by atoms with Crippen LogP contribution in [-0.4, -0.2) is 50.9 Å². The van der Waals surface area contributed by atoms with Crippen LogP contribution in [0.4, 0.5) is 11.4 Å². The summed E-state index contributed by atoms with van der Waals surface area (Å²) in [5.74, 6) is 0.942. The molecular formula is C16H26N3O+. The van der Waals surface area contributed by atoms with Crippen LogP contribution in [0, 0.1) is 0 Å². The number of likely N-dealkylation sites (tertiary alicyclic amines) is 1. The van der Waals surface area contributed by atoms with Crippen molar-refractivity contribution >= 4 is 11.4 Å². The Morgan fingerprint density at radius 1 is 1.30 bits per heavy atom. The van der Waals surface area contributed by atoms with Gasteiger partial charge >= 0.3 is 0 Å². The molecule has 0 atom stereocenters. The van der Waals surface area contributed by atoms with Gasteiger partial charge in [-0.25, -0.2) is 0 Å². The van der Waals surface area contributed by atoms with E-state index in [1.54, 1.807) is 0 Å². The third-order valence-electron chi connectivity index (χ3n) is 4.72. The van der Waals surface area contributed by atoms with Crippen molar-refractivity contribution in [1.82, 2.24) is 0 Å². The average molecular weight is 276 g/mol. The van der Waals surface area contributed by atoms with E-state index in [-0.39, 0.29) is 0 Å². The lowest BCUT2D eigenvalue weighted by molar-refractivity contribution is -0.897. The lowest BCUT2D eigenvalue weighted by atomic mass is 10.2. The van der Waals surface area contributed by atoms with Crippen molar-refractivity contribution in [1.29, 1.82) is 0 Å². The Balaban J connectivity index is 1.59. The first-order valence-corrected chi connectivity index (χ1v) is 7.77. The highest BCUT2D eigenvalue weighted by Gasteiger charge is 2.26. The standard InChI is InChI=1S/C16H26N3O/c1-19(9-2-3-10-19)11-4-7-18-8-12-20-16-13-14(17)5-6-15(16)18/h5-6,13H,2-4,7-12,17H2,1H3/q+1. The molecule has 1 aromatic rings. The van der Waals surface area contributed by atoms with Crippen molar-refractivity contribution in [3.8, 4) is 5.75 Å². The summed E-state index contributed by atoms with van der Waals surface area (Å²) in [6.07, 6.45) is 4.05. The topological polar surface area (TPSA) is 38.5 Å². The molecule has 0 saturated carbocycles. The Labute approximate surface area is 121 Å². The molecule has 0 aromatic heterocycles. The van der Waals surface area contributed by atoms with Crippen LogP contribution in [0.5, 0.6) is 5.75 Å². The van der Waals surface area contributed by atoms with E-state index < -0.39 is 0 Å². The summed E-state index contributed by atoms with van der Waals surface area (Å²) >= 11 is 0. The van der Waals surface area contributed by atoms with Gasteiger partial charge in [0.25, 0.3) is 0 Å². The van der Waals surface area contributed by atoms with Crippen molar-refractivity contribution in [2.24, 2.45) is 0 Å². The van der Waals surface area contributed by atoms with Gasteiger partial charge in [0.2, 0.25) is 0 Å². The first-order valence-electron chi connectivity index (χ1n) is 7.77. The second kappa shape index (κ2) is 5.52. The molecule has 110 valence electrons. The number of nitrogens with zero attached hydrogens (tertiary/aromatic N) is 2. The van der Waals surface area contributed by atoms with E-state index in [0.717, 1.165) is 31.1 Å². The third kappa shape index (κ3) is 2.85. The molecule has 0 spiro atoms. The van der Waals surface area contributed by atoms with Crippen LogP contribution in [-0.2, 0) is 0 Å². The molecule has 1 fully saturated rings. The summed E-state index contributed by atoms with van der Waals surface area (Å²) in [7, 11) is 2.40. The second-order valence-electron chi connectivity index (χ2n) is 6.41. The minimum Gasteiger partial charge on any atom is -0.489 e. The summed E-state index contributed by atoms with van der Waals surface area (Å²) in [6.45, 7) is 6.88. The number of nitrogen functional groups attached to an aromatic ring is 1. The van der Waals surface area contributed by atoms with Crippen molar-refractivity contribution in [2.75, 3.05) is 57.0 Å². The highest BCUT2D eigenvalue weighted by Crippen LogP contribution is 2.33. The Hall–Kier alpha value is -1.42. The first kappa shape index (κ1) is 13.6. The number of benzene rings is 1. The van der Waals surface area contributed by atoms with Gasteiger partial charge in [0.1, 0.15) is 12.4 Å². The van der Waals surface area contributed by atoms with Crippen molar-refractivity contribution in [2.45, 2.75) is 19.3 Å². The zero-order chi connectivity index (χ0) is 14.0. The molecule has 0 bridgehead atoms. The number of ether oxygens (including phenoxy) is 1. The van der Waals surface area contributed by atoms with Crippen LogP contribution in [0.25, 0.3) is 0 Å². The van der Waals surface area contributed by atoms with Gasteiger partial charge in [0.15, 0.2) is 0 Å². The van der Waals surface area contributed by atoms with E-state index in [1.165, 1.54) is 49.1 Å². The van der Waals surface area contributed by atoms with E-state index in [1.807, 2.05) is 12.1 Å². The van der Waals surface area contributed by atoms with Crippen molar-refractivity contribution < 1.29 is 9.22 Å². The number of rotatable bonds is 4. The van der Waals surface area contributed by atoms with Gasteiger partial charge in [-0.2, -0.15) is 0 Å². The number of nitrogens with two attached hydrogens (primary N) is 1. The molecule has 0 aliphatic carbocycles. The van der Waals surface area contributed by atoms with Crippen LogP contribution in [0.2, 0.25) is 0 Å². The maximum Gasteiger partial charge on any atom is 0.144 e. The van der Waals surface area contributed by atoms with E-state index in [2.05, 4.69) is 18.0 Å². The summed E-state index contributed by atoms with van der Waals surface area (Å²) in [4.78, 5) is 2.44. The highest BCUT2D eigenvalue weighted by atomic mass is 16.5. The Kier molecular flexibility index (Phi) is 3.74. The summed E-state index contributed by atoms with van der Waals surface area (Å²) in [5.41, 5.74) is 7.81. The monoisotopic (exact) mass is 276 g/mol. The fraction of sp³-hybridized carbons (Fsp3) is 0.625. The molecule has 1 aromatic carbocycles. The number of hydrogen-bond acceptors (Lipinski definition) is 3. The molecule has 0 radical (unpaired) electrons. The number of hydrogen-bond donors (Lipinski definition) is 1. The van der Waals surface area contributed by atoms with Gasteiger partial charge in [-0.05, 0) is 12.1 Å². The Morgan fingerprint density at radius 2 is 2.10 bits per heavy atom. The van der Waals surface area contributed by atoms with Gasteiger partial charge in [-0.1, -0.05) is 0 Å². The summed E-state index contributed by atoms with van der Waals surface area (Å²) in [6, 6.07) is 6.00. The molecule has 0 amide bonds. The average Bonchev–Trinajstić information content (AvgIpc) is 2.85. The predicted octanol–water partition coefficient (Wildman–Crippen LogP) is 2.10. The Bertz CT molecular complexity index is 469.